The van der Waals surface area contributed by atoms with Crippen molar-refractivity contribution in [3.8, 4) is 11.5 Å². The zero-order valence-electron chi connectivity index (χ0n) is 16.9. The molecule has 0 spiro atoms. The Hall–Kier alpha value is -2.87. The van der Waals surface area contributed by atoms with Crippen LogP contribution in [0.3, 0.4) is 0 Å². The summed E-state index contributed by atoms with van der Waals surface area (Å²) in [4.78, 5) is 23.5. The molecule has 1 N–H and O–H groups in total. The number of sulfonamides is 1. The van der Waals surface area contributed by atoms with Crippen LogP contribution >= 0.6 is 22.6 Å². The van der Waals surface area contributed by atoms with E-state index in [0.29, 0.717) is 11.3 Å². The topological polar surface area (TPSA) is 124 Å². The first-order valence-corrected chi connectivity index (χ1v) is 11.6. The molecule has 0 radical (unpaired) electrons. The Bertz CT molecular complexity index is 1070. The molecule has 0 saturated heterocycles. The monoisotopic (exact) mass is 561 g/mol. The summed E-state index contributed by atoms with van der Waals surface area (Å²) in [5.74, 6) is -0.225. The Morgan fingerprint density at radius 2 is 1.81 bits per heavy atom. The number of halogens is 1. The highest BCUT2D eigenvalue weighted by Gasteiger charge is 2.20. The molecular formula is C19H20IN3O7S. The molecule has 2 aromatic rings. The number of methoxy groups -OCH3 is 2. The van der Waals surface area contributed by atoms with Crippen LogP contribution in [0, 0.1) is 3.57 Å². The Morgan fingerprint density at radius 1 is 1.13 bits per heavy atom. The van der Waals surface area contributed by atoms with E-state index >= 15 is 0 Å². The largest absolute Gasteiger partial charge is 0.513 e. The van der Waals surface area contributed by atoms with Gasteiger partial charge in [0.05, 0.1) is 32.4 Å². The first-order chi connectivity index (χ1) is 14.6. The summed E-state index contributed by atoms with van der Waals surface area (Å²) in [5, 5.41) is 3.83. The predicted molar refractivity (Wildman–Crippen MR) is 123 cm³/mol. The van der Waals surface area contributed by atoms with Gasteiger partial charge >= 0.3 is 6.16 Å². The first kappa shape index (κ1) is 24.4. The number of amides is 1. The third-order valence-electron chi connectivity index (χ3n) is 3.75. The average molecular weight is 561 g/mol. The molecule has 10 nitrogen and oxygen atoms in total. The van der Waals surface area contributed by atoms with Gasteiger partial charge in [-0.3, -0.25) is 9.10 Å². The quantitative estimate of drug-likeness (QED) is 0.173. The van der Waals surface area contributed by atoms with Crippen LogP contribution in [0.15, 0.2) is 47.6 Å². The minimum atomic E-state index is -3.68. The lowest BCUT2D eigenvalue weighted by Crippen LogP contribution is -2.39. The summed E-state index contributed by atoms with van der Waals surface area (Å²) in [5.41, 5.74) is 3.19. The van der Waals surface area contributed by atoms with Crippen LogP contribution in [0.5, 0.6) is 11.5 Å². The number of benzene rings is 2. The second-order valence-corrected chi connectivity index (χ2v) is 9.16. The Kier molecular flexibility index (Phi) is 8.62. The van der Waals surface area contributed by atoms with E-state index in [1.807, 2.05) is 0 Å². The highest BCUT2D eigenvalue weighted by atomic mass is 127. The lowest BCUT2D eigenvalue weighted by atomic mass is 10.2. The number of carbonyl (C=O) groups excluding carboxylic acids is 2. The molecule has 0 aliphatic rings. The minimum absolute atomic E-state index is 0.150. The fourth-order valence-electron chi connectivity index (χ4n) is 2.33. The van der Waals surface area contributed by atoms with E-state index in [1.54, 1.807) is 30.3 Å². The van der Waals surface area contributed by atoms with E-state index in [0.717, 1.165) is 14.1 Å². The van der Waals surface area contributed by atoms with Crippen LogP contribution in [0.2, 0.25) is 0 Å². The van der Waals surface area contributed by atoms with Gasteiger partial charge in [-0.2, -0.15) is 5.10 Å². The zero-order valence-corrected chi connectivity index (χ0v) is 19.8. The number of anilines is 1. The second kappa shape index (κ2) is 10.9. The van der Waals surface area contributed by atoms with E-state index < -0.39 is 28.6 Å². The van der Waals surface area contributed by atoms with Crippen molar-refractivity contribution < 1.29 is 32.2 Å². The molecule has 31 heavy (non-hydrogen) atoms. The van der Waals surface area contributed by atoms with E-state index in [-0.39, 0.29) is 11.5 Å². The molecule has 0 saturated carbocycles. The van der Waals surface area contributed by atoms with Crippen LogP contribution < -0.4 is 19.2 Å². The molecule has 1 amide bonds. The van der Waals surface area contributed by atoms with Crippen LogP contribution in [0.1, 0.15) is 5.56 Å². The van der Waals surface area contributed by atoms with E-state index in [4.69, 9.17) is 9.47 Å². The third kappa shape index (κ3) is 7.40. The van der Waals surface area contributed by atoms with Crippen molar-refractivity contribution in [2.45, 2.75) is 0 Å². The lowest BCUT2D eigenvalue weighted by Gasteiger charge is -2.21. The Labute approximate surface area is 193 Å². The summed E-state index contributed by atoms with van der Waals surface area (Å²) in [7, 11) is -1.10. The summed E-state index contributed by atoms with van der Waals surface area (Å²) >= 11 is 2.10. The number of hydrogen-bond acceptors (Lipinski definition) is 8. The number of nitrogens with one attached hydrogen (secondary N) is 1. The normalized spacial score (nSPS) is 11.1. The number of rotatable bonds is 8. The molecule has 0 bridgehead atoms. The van der Waals surface area contributed by atoms with Gasteiger partial charge in [-0.05, 0) is 70.6 Å². The van der Waals surface area contributed by atoms with Crippen molar-refractivity contribution >= 4 is 56.6 Å². The second-order valence-electron chi connectivity index (χ2n) is 6.01. The van der Waals surface area contributed by atoms with Crippen LogP contribution in [0.4, 0.5) is 10.5 Å². The van der Waals surface area contributed by atoms with Gasteiger partial charge in [0, 0.05) is 3.57 Å². The molecule has 2 rings (SSSR count). The summed E-state index contributed by atoms with van der Waals surface area (Å²) < 4.78 is 40.6. The lowest BCUT2D eigenvalue weighted by molar-refractivity contribution is -0.119. The summed E-state index contributed by atoms with van der Waals surface area (Å²) in [6.45, 7) is -0.438. The van der Waals surface area contributed by atoms with E-state index in [9.17, 15) is 18.0 Å². The first-order valence-electron chi connectivity index (χ1n) is 8.63. The fourth-order valence-corrected chi connectivity index (χ4v) is 3.55. The highest BCUT2D eigenvalue weighted by Crippen LogP contribution is 2.27. The van der Waals surface area contributed by atoms with Gasteiger partial charge in [-0.15, -0.1) is 0 Å². The maximum atomic E-state index is 12.2. The Morgan fingerprint density at radius 3 is 2.39 bits per heavy atom. The average Bonchev–Trinajstić information content (AvgIpc) is 2.72. The smallest absolute Gasteiger partial charge is 0.493 e. The van der Waals surface area contributed by atoms with Gasteiger partial charge in [0.2, 0.25) is 10.0 Å². The van der Waals surface area contributed by atoms with E-state index in [1.165, 1.54) is 32.6 Å². The number of nitrogens with zero attached hydrogens (tertiary/aromatic N) is 2. The van der Waals surface area contributed by atoms with Crippen molar-refractivity contribution in [1.82, 2.24) is 5.43 Å². The third-order valence-corrected chi connectivity index (χ3v) is 5.61. The van der Waals surface area contributed by atoms with Crippen molar-refractivity contribution in [2.24, 2.45) is 5.10 Å². The molecule has 0 fully saturated rings. The van der Waals surface area contributed by atoms with Crippen LogP contribution in [0.25, 0.3) is 0 Å². The predicted octanol–water partition coefficient (Wildman–Crippen LogP) is 2.36. The molecular weight excluding hydrogens is 541 g/mol. The van der Waals surface area contributed by atoms with Crippen LogP contribution in [-0.2, 0) is 19.6 Å². The number of hydrazone groups is 1. The van der Waals surface area contributed by atoms with Crippen molar-refractivity contribution in [3.63, 3.8) is 0 Å². The van der Waals surface area contributed by atoms with E-state index in [2.05, 4.69) is 37.9 Å². The van der Waals surface area contributed by atoms with Gasteiger partial charge in [-0.1, -0.05) is 0 Å². The van der Waals surface area contributed by atoms with Gasteiger partial charge in [0.1, 0.15) is 6.54 Å². The molecule has 0 aromatic heterocycles. The highest BCUT2D eigenvalue weighted by molar-refractivity contribution is 14.1. The maximum absolute atomic E-state index is 12.2. The van der Waals surface area contributed by atoms with Gasteiger partial charge in [-0.25, -0.2) is 18.6 Å². The van der Waals surface area contributed by atoms with Crippen LogP contribution in [-0.4, -0.2) is 53.7 Å². The standard InChI is InChI=1S/C19H20IN3O7S/c1-28-17-10-13(4-9-16(17)30-19(25)29-2)11-21-22-18(24)12-23(31(3,26)27)15-7-5-14(20)6-8-15/h4-11H,12H2,1-3H3,(H,22,24)/b21-11-. The summed E-state index contributed by atoms with van der Waals surface area (Å²) in [6.07, 6.45) is 1.46. The van der Waals surface area contributed by atoms with Gasteiger partial charge < -0.3 is 14.2 Å². The molecule has 2 aromatic carbocycles. The molecule has 0 unspecified atom stereocenters. The minimum Gasteiger partial charge on any atom is -0.493 e. The van der Waals surface area contributed by atoms with Crippen molar-refractivity contribution in [3.05, 3.63) is 51.6 Å². The number of ether oxygens (including phenoxy) is 3. The number of carbonyl (C=O) groups is 2. The molecule has 0 heterocycles. The SMILES string of the molecule is COC(=O)Oc1ccc(/C=N\NC(=O)CN(c2ccc(I)cc2)S(C)(=O)=O)cc1OC. The maximum Gasteiger partial charge on any atom is 0.513 e. The van der Waals surface area contributed by atoms with Gasteiger partial charge in [0.25, 0.3) is 5.91 Å². The van der Waals surface area contributed by atoms with Crippen molar-refractivity contribution in [1.29, 1.82) is 0 Å². The molecule has 0 aliphatic heterocycles. The summed E-state index contributed by atoms with van der Waals surface area (Å²) in [6, 6.07) is 11.3. The van der Waals surface area contributed by atoms with Gasteiger partial charge in [0.15, 0.2) is 11.5 Å². The number of hydrogen-bond donors (Lipinski definition) is 1. The molecule has 0 atom stereocenters. The van der Waals surface area contributed by atoms with Crippen molar-refractivity contribution in [2.75, 3.05) is 31.3 Å². The Balaban J connectivity index is 2.06. The molecule has 166 valence electrons. The zero-order chi connectivity index (χ0) is 23.0. The molecule has 0 aliphatic carbocycles. The molecule has 12 heteroatoms. The fraction of sp³-hybridized carbons (Fsp3) is 0.211.